The zero-order valence-electron chi connectivity index (χ0n) is 15.1. The Balaban J connectivity index is 1.84. The smallest absolute Gasteiger partial charge is 0.247 e. The fourth-order valence-electron chi connectivity index (χ4n) is 2.47. The number of hydrogen-bond acceptors (Lipinski definition) is 6. The van der Waals surface area contributed by atoms with Gasteiger partial charge in [0.25, 0.3) is 0 Å². The maximum absolute atomic E-state index is 13.0. The predicted molar refractivity (Wildman–Crippen MR) is 108 cm³/mol. The highest BCUT2D eigenvalue weighted by Gasteiger charge is 2.26. The highest BCUT2D eigenvalue weighted by molar-refractivity contribution is 9.10. The maximum Gasteiger partial charge on any atom is 0.247 e. The van der Waals surface area contributed by atoms with E-state index in [0.29, 0.717) is 11.6 Å². The van der Waals surface area contributed by atoms with Gasteiger partial charge in [-0.15, -0.1) is 16.8 Å². The molecule has 9 heteroatoms. The van der Waals surface area contributed by atoms with E-state index in [0.717, 1.165) is 10.0 Å². The number of benzene rings is 2. The second kappa shape index (κ2) is 8.68. The van der Waals surface area contributed by atoms with Gasteiger partial charge < -0.3 is 9.15 Å². The molecule has 0 bridgehead atoms. The number of methoxy groups -OCH3 is 1. The number of hydrogen-bond donors (Lipinski definition) is 0. The molecule has 28 heavy (non-hydrogen) atoms. The number of rotatable bonds is 8. The van der Waals surface area contributed by atoms with Crippen molar-refractivity contribution in [2.24, 2.45) is 0 Å². The summed E-state index contributed by atoms with van der Waals surface area (Å²) in [4.78, 5) is 0.141. The summed E-state index contributed by atoms with van der Waals surface area (Å²) in [5.74, 6) is 1.09. The number of nitrogens with zero attached hydrogens (tertiary/aromatic N) is 3. The SMILES string of the molecule is C=CCN(Cc1nnc(-c2ccc(Br)cc2)o1)S(=O)(=O)c1ccc(OC)cc1. The maximum atomic E-state index is 13.0. The Hall–Kier alpha value is -2.49. The van der Waals surface area contributed by atoms with E-state index in [-0.39, 0.29) is 23.9 Å². The summed E-state index contributed by atoms with van der Waals surface area (Å²) < 4.78 is 38.9. The molecule has 1 heterocycles. The van der Waals surface area contributed by atoms with E-state index in [2.05, 4.69) is 32.7 Å². The molecule has 0 aliphatic carbocycles. The first-order chi connectivity index (χ1) is 13.4. The molecule has 3 aromatic rings. The molecule has 0 unspecified atom stereocenters. The summed E-state index contributed by atoms with van der Waals surface area (Å²) in [6.07, 6.45) is 1.51. The monoisotopic (exact) mass is 463 g/mol. The second-order valence-electron chi connectivity index (χ2n) is 5.77. The van der Waals surface area contributed by atoms with Crippen LogP contribution in [-0.4, -0.2) is 36.6 Å². The molecule has 0 radical (unpaired) electrons. The van der Waals surface area contributed by atoms with Crippen LogP contribution >= 0.6 is 15.9 Å². The van der Waals surface area contributed by atoms with Crippen LogP contribution in [0.2, 0.25) is 0 Å². The van der Waals surface area contributed by atoms with Crippen molar-refractivity contribution in [2.45, 2.75) is 11.4 Å². The zero-order chi connectivity index (χ0) is 20.1. The molecule has 0 spiro atoms. The number of aromatic nitrogens is 2. The van der Waals surface area contributed by atoms with Gasteiger partial charge in [-0.2, -0.15) is 4.31 Å². The number of ether oxygens (including phenoxy) is 1. The molecule has 146 valence electrons. The Morgan fingerprint density at radius 3 is 2.43 bits per heavy atom. The van der Waals surface area contributed by atoms with Gasteiger partial charge in [-0.3, -0.25) is 0 Å². The van der Waals surface area contributed by atoms with Crippen molar-refractivity contribution >= 4 is 26.0 Å². The van der Waals surface area contributed by atoms with E-state index in [1.165, 1.54) is 29.6 Å². The molecule has 1 aromatic heterocycles. The molecule has 0 atom stereocenters. The highest BCUT2D eigenvalue weighted by atomic mass is 79.9. The van der Waals surface area contributed by atoms with Gasteiger partial charge in [0.2, 0.25) is 21.8 Å². The van der Waals surface area contributed by atoms with E-state index >= 15 is 0 Å². The van der Waals surface area contributed by atoms with Crippen LogP contribution in [0.4, 0.5) is 0 Å². The van der Waals surface area contributed by atoms with E-state index in [4.69, 9.17) is 9.15 Å². The minimum Gasteiger partial charge on any atom is -0.497 e. The molecule has 0 saturated carbocycles. The first-order valence-corrected chi connectivity index (χ1v) is 10.5. The van der Waals surface area contributed by atoms with Crippen LogP contribution in [0.5, 0.6) is 5.75 Å². The summed E-state index contributed by atoms with van der Waals surface area (Å²) in [7, 11) is -2.25. The summed E-state index contributed by atoms with van der Waals surface area (Å²) >= 11 is 3.37. The van der Waals surface area contributed by atoms with E-state index in [9.17, 15) is 8.42 Å². The number of halogens is 1. The molecule has 0 N–H and O–H groups in total. The van der Waals surface area contributed by atoms with Gasteiger partial charge in [0, 0.05) is 16.6 Å². The minimum atomic E-state index is -3.77. The largest absolute Gasteiger partial charge is 0.497 e. The van der Waals surface area contributed by atoms with E-state index in [1.54, 1.807) is 12.1 Å². The number of sulfonamides is 1. The normalized spacial score (nSPS) is 11.5. The lowest BCUT2D eigenvalue weighted by Gasteiger charge is -2.19. The van der Waals surface area contributed by atoms with Crippen molar-refractivity contribution in [3.8, 4) is 17.2 Å². The Kier molecular flexibility index (Phi) is 6.28. The molecular formula is C19H18BrN3O4S. The fourth-order valence-corrected chi connectivity index (χ4v) is 4.09. The lowest BCUT2D eigenvalue weighted by Crippen LogP contribution is -2.31. The van der Waals surface area contributed by atoms with Crippen molar-refractivity contribution in [2.75, 3.05) is 13.7 Å². The second-order valence-corrected chi connectivity index (χ2v) is 8.62. The van der Waals surface area contributed by atoms with Crippen molar-refractivity contribution in [3.05, 3.63) is 71.5 Å². The molecule has 0 fully saturated rings. The molecular weight excluding hydrogens is 446 g/mol. The lowest BCUT2D eigenvalue weighted by atomic mass is 10.2. The van der Waals surface area contributed by atoms with Crippen molar-refractivity contribution < 1.29 is 17.6 Å². The first-order valence-electron chi connectivity index (χ1n) is 8.27. The highest BCUT2D eigenvalue weighted by Crippen LogP contribution is 2.23. The van der Waals surface area contributed by atoms with Crippen LogP contribution in [0.25, 0.3) is 11.5 Å². The van der Waals surface area contributed by atoms with Crippen LogP contribution in [0, 0.1) is 0 Å². The van der Waals surface area contributed by atoms with Gasteiger partial charge in [0.1, 0.15) is 5.75 Å². The molecule has 2 aromatic carbocycles. The van der Waals surface area contributed by atoms with Gasteiger partial charge in [-0.05, 0) is 48.5 Å². The van der Waals surface area contributed by atoms with Crippen molar-refractivity contribution in [1.82, 2.24) is 14.5 Å². The Labute approximate surface area is 171 Å². The average molecular weight is 464 g/mol. The Bertz CT molecular complexity index is 1050. The fraction of sp³-hybridized carbons (Fsp3) is 0.158. The zero-order valence-corrected chi connectivity index (χ0v) is 17.5. The van der Waals surface area contributed by atoms with Gasteiger partial charge >= 0.3 is 0 Å². The minimum absolute atomic E-state index is 0.0656. The van der Waals surface area contributed by atoms with Crippen LogP contribution in [0.3, 0.4) is 0 Å². The Morgan fingerprint density at radius 2 is 1.82 bits per heavy atom. The van der Waals surface area contributed by atoms with Gasteiger partial charge in [-0.25, -0.2) is 8.42 Å². The standard InChI is InChI=1S/C19H18BrN3O4S/c1-3-12-23(28(24,25)17-10-8-16(26-2)9-11-17)13-18-21-22-19(27-18)14-4-6-15(20)7-5-14/h3-11H,1,12-13H2,2H3. The quantitative estimate of drug-likeness (QED) is 0.471. The van der Waals surface area contributed by atoms with Crippen LogP contribution in [-0.2, 0) is 16.6 Å². The lowest BCUT2D eigenvalue weighted by molar-refractivity contribution is 0.379. The molecule has 0 amide bonds. The molecule has 0 saturated heterocycles. The molecule has 7 nitrogen and oxygen atoms in total. The molecule has 0 aliphatic heterocycles. The predicted octanol–water partition coefficient (Wildman–Crippen LogP) is 3.88. The molecule has 3 rings (SSSR count). The third-order valence-corrected chi connectivity index (χ3v) is 6.25. The van der Waals surface area contributed by atoms with Crippen molar-refractivity contribution in [1.29, 1.82) is 0 Å². The third kappa shape index (κ3) is 4.49. The van der Waals surface area contributed by atoms with Crippen LogP contribution < -0.4 is 4.74 Å². The van der Waals surface area contributed by atoms with Crippen LogP contribution in [0.15, 0.2) is 75.0 Å². The average Bonchev–Trinajstić information content (AvgIpc) is 3.17. The third-order valence-electron chi connectivity index (χ3n) is 3.90. The topological polar surface area (TPSA) is 85.5 Å². The summed E-state index contributed by atoms with van der Waals surface area (Å²) in [6.45, 7) is 3.68. The van der Waals surface area contributed by atoms with Gasteiger partial charge in [0.15, 0.2) is 0 Å². The Morgan fingerprint density at radius 1 is 1.14 bits per heavy atom. The summed E-state index contributed by atoms with van der Waals surface area (Å²) in [6, 6.07) is 13.5. The van der Waals surface area contributed by atoms with Gasteiger partial charge in [0.05, 0.1) is 18.6 Å². The van der Waals surface area contributed by atoms with Crippen molar-refractivity contribution in [3.63, 3.8) is 0 Å². The van der Waals surface area contributed by atoms with E-state index < -0.39 is 10.0 Å². The first kappa shape index (κ1) is 20.2. The van der Waals surface area contributed by atoms with Gasteiger partial charge in [-0.1, -0.05) is 22.0 Å². The van der Waals surface area contributed by atoms with E-state index in [1.807, 2.05) is 24.3 Å². The molecule has 0 aliphatic rings. The van der Waals surface area contributed by atoms with Crippen LogP contribution in [0.1, 0.15) is 5.89 Å². The summed E-state index contributed by atoms with van der Waals surface area (Å²) in [5, 5.41) is 7.99. The summed E-state index contributed by atoms with van der Waals surface area (Å²) in [5.41, 5.74) is 0.746.